The minimum atomic E-state index is -0.499. The van der Waals surface area contributed by atoms with Crippen molar-refractivity contribution in [2.45, 2.75) is 6.92 Å². The van der Waals surface area contributed by atoms with Crippen molar-refractivity contribution in [1.29, 1.82) is 0 Å². The summed E-state index contributed by atoms with van der Waals surface area (Å²) in [5.74, 6) is -0.150. The molecule has 0 fully saturated rings. The fraction of sp³-hybridized carbons (Fsp3) is 0.176. The lowest BCUT2D eigenvalue weighted by Gasteiger charge is -2.09. The first-order chi connectivity index (χ1) is 10.2. The number of rotatable bonds is 6. The van der Waals surface area contributed by atoms with Crippen LogP contribution >= 0.6 is 0 Å². The molecule has 4 nitrogen and oxygen atoms in total. The summed E-state index contributed by atoms with van der Waals surface area (Å²) in [5.41, 5.74) is 0.577. The molecule has 0 saturated heterocycles. The maximum absolute atomic E-state index is 12.2. The van der Waals surface area contributed by atoms with Gasteiger partial charge in [-0.15, -0.1) is 0 Å². The van der Waals surface area contributed by atoms with Gasteiger partial charge >= 0.3 is 5.97 Å². The minimum Gasteiger partial charge on any atom is -0.485 e. The zero-order valence-corrected chi connectivity index (χ0v) is 11.7. The van der Waals surface area contributed by atoms with Crippen LogP contribution in [0.25, 0.3) is 0 Å². The van der Waals surface area contributed by atoms with Crippen LogP contribution in [0.3, 0.4) is 0 Å². The highest BCUT2D eigenvalue weighted by Gasteiger charge is 2.17. The maximum Gasteiger partial charge on any atom is 0.338 e. The Hall–Kier alpha value is -2.62. The van der Waals surface area contributed by atoms with Gasteiger partial charge in [0.15, 0.2) is 6.61 Å². The van der Waals surface area contributed by atoms with Crippen molar-refractivity contribution in [3.63, 3.8) is 0 Å². The van der Waals surface area contributed by atoms with Crippen LogP contribution in [-0.2, 0) is 4.74 Å². The Morgan fingerprint density at radius 2 is 1.52 bits per heavy atom. The molecule has 0 aliphatic rings. The van der Waals surface area contributed by atoms with Crippen molar-refractivity contribution in [1.82, 2.24) is 0 Å². The minimum absolute atomic E-state index is 0.125. The van der Waals surface area contributed by atoms with E-state index in [9.17, 15) is 9.59 Å². The average molecular weight is 284 g/mol. The first kappa shape index (κ1) is 14.8. The smallest absolute Gasteiger partial charge is 0.338 e. The third-order valence-electron chi connectivity index (χ3n) is 2.84. The maximum atomic E-state index is 12.2. The highest BCUT2D eigenvalue weighted by atomic mass is 16.5. The molecule has 2 rings (SSSR count). The van der Waals surface area contributed by atoms with Crippen molar-refractivity contribution in [2.75, 3.05) is 13.2 Å². The highest BCUT2D eigenvalue weighted by molar-refractivity contribution is 6.07. The van der Waals surface area contributed by atoms with E-state index in [1.165, 1.54) is 0 Å². The number of esters is 1. The molecule has 0 N–H and O–H groups in total. The Morgan fingerprint density at radius 3 is 2.19 bits per heavy atom. The number of para-hydroxylation sites is 1. The van der Waals surface area contributed by atoms with Gasteiger partial charge < -0.3 is 9.47 Å². The summed E-state index contributed by atoms with van der Waals surface area (Å²) in [6.07, 6.45) is 0. The molecule has 0 aliphatic carbocycles. The molecule has 0 spiro atoms. The summed E-state index contributed by atoms with van der Waals surface area (Å²) in [6.45, 7) is 1.86. The van der Waals surface area contributed by atoms with E-state index in [-0.39, 0.29) is 24.6 Å². The van der Waals surface area contributed by atoms with E-state index in [0.717, 1.165) is 0 Å². The molecule has 0 saturated carbocycles. The molecular formula is C17H16O4. The topological polar surface area (TPSA) is 52.6 Å². The van der Waals surface area contributed by atoms with Crippen LogP contribution in [0, 0.1) is 0 Å². The van der Waals surface area contributed by atoms with Crippen molar-refractivity contribution in [3.05, 3.63) is 65.7 Å². The van der Waals surface area contributed by atoms with Gasteiger partial charge in [0.1, 0.15) is 5.75 Å². The van der Waals surface area contributed by atoms with E-state index in [1.54, 1.807) is 43.3 Å². The predicted molar refractivity (Wildman–Crippen MR) is 78.7 cm³/mol. The summed E-state index contributed by atoms with van der Waals surface area (Å²) in [7, 11) is 0. The molecule has 0 unspecified atom stereocenters. The van der Waals surface area contributed by atoms with Gasteiger partial charge in [-0.3, -0.25) is 4.79 Å². The van der Waals surface area contributed by atoms with Gasteiger partial charge in [0.25, 0.3) is 0 Å². The number of hydrogen-bond acceptors (Lipinski definition) is 4. The van der Waals surface area contributed by atoms with Crippen molar-refractivity contribution < 1.29 is 19.1 Å². The fourth-order valence-electron chi connectivity index (χ4n) is 1.86. The second-order valence-electron chi connectivity index (χ2n) is 4.29. The second-order valence-corrected chi connectivity index (χ2v) is 4.29. The first-order valence-electron chi connectivity index (χ1n) is 6.69. The third-order valence-corrected chi connectivity index (χ3v) is 2.84. The number of Topliss-reactive ketones (excluding diaryl/α,β-unsaturated/α-hetero) is 1. The largest absolute Gasteiger partial charge is 0.485 e. The lowest BCUT2D eigenvalue weighted by atomic mass is 10.0. The Bertz CT molecular complexity index is 620. The Morgan fingerprint density at radius 1 is 0.905 bits per heavy atom. The monoisotopic (exact) mass is 284 g/mol. The number of carbonyl (C=O) groups excluding carboxylic acids is 2. The molecule has 2 aromatic carbocycles. The van der Waals surface area contributed by atoms with Crippen LogP contribution in [0.5, 0.6) is 5.75 Å². The standard InChI is InChI=1S/C17H16O4/c1-2-20-17(19)15-11-7-6-10-14(15)16(18)12-21-13-8-4-3-5-9-13/h3-11H,2,12H2,1H3. The number of ether oxygens (including phenoxy) is 2. The van der Waals surface area contributed by atoms with Crippen LogP contribution in [0.15, 0.2) is 54.6 Å². The van der Waals surface area contributed by atoms with Gasteiger partial charge in [-0.1, -0.05) is 36.4 Å². The van der Waals surface area contributed by atoms with E-state index in [0.29, 0.717) is 11.3 Å². The summed E-state index contributed by atoms with van der Waals surface area (Å²) in [5, 5.41) is 0. The molecule has 0 atom stereocenters. The molecule has 0 aromatic heterocycles. The molecule has 4 heteroatoms. The zero-order valence-electron chi connectivity index (χ0n) is 11.7. The number of ketones is 1. The van der Waals surface area contributed by atoms with E-state index in [2.05, 4.69) is 0 Å². The molecule has 0 radical (unpaired) electrons. The molecule has 0 bridgehead atoms. The normalized spacial score (nSPS) is 9.95. The SMILES string of the molecule is CCOC(=O)c1ccccc1C(=O)COc1ccccc1. The number of carbonyl (C=O) groups is 2. The fourth-order valence-corrected chi connectivity index (χ4v) is 1.86. The molecule has 0 heterocycles. The zero-order chi connectivity index (χ0) is 15.1. The van der Waals surface area contributed by atoms with Crippen molar-refractivity contribution in [3.8, 4) is 5.75 Å². The van der Waals surface area contributed by atoms with Gasteiger partial charge in [-0.25, -0.2) is 4.79 Å². The molecule has 21 heavy (non-hydrogen) atoms. The van der Waals surface area contributed by atoms with Gasteiger partial charge in [0.05, 0.1) is 12.2 Å². The van der Waals surface area contributed by atoms with Crippen LogP contribution < -0.4 is 4.74 Å². The van der Waals surface area contributed by atoms with E-state index >= 15 is 0 Å². The molecule has 108 valence electrons. The molecule has 0 aliphatic heterocycles. The first-order valence-corrected chi connectivity index (χ1v) is 6.69. The molecule has 2 aromatic rings. The number of benzene rings is 2. The predicted octanol–water partition coefficient (Wildman–Crippen LogP) is 3.13. The lowest BCUT2D eigenvalue weighted by molar-refractivity contribution is 0.0522. The van der Waals surface area contributed by atoms with Crippen LogP contribution in [-0.4, -0.2) is 25.0 Å². The summed E-state index contributed by atoms with van der Waals surface area (Å²) < 4.78 is 10.4. The van der Waals surface area contributed by atoms with Crippen molar-refractivity contribution in [2.24, 2.45) is 0 Å². The Labute approximate surface area is 123 Å². The van der Waals surface area contributed by atoms with Crippen LogP contribution in [0.1, 0.15) is 27.6 Å². The molecule has 0 amide bonds. The van der Waals surface area contributed by atoms with Crippen molar-refractivity contribution >= 4 is 11.8 Å². The quantitative estimate of drug-likeness (QED) is 0.604. The van der Waals surface area contributed by atoms with E-state index in [1.807, 2.05) is 18.2 Å². The van der Waals surface area contributed by atoms with Crippen LogP contribution in [0.2, 0.25) is 0 Å². The second kappa shape index (κ2) is 7.24. The van der Waals surface area contributed by atoms with Gasteiger partial charge in [0.2, 0.25) is 5.78 Å². The Balaban J connectivity index is 2.10. The molecular weight excluding hydrogens is 268 g/mol. The Kier molecular flexibility index (Phi) is 5.10. The number of hydrogen-bond donors (Lipinski definition) is 0. The summed E-state index contributed by atoms with van der Waals surface area (Å²) >= 11 is 0. The average Bonchev–Trinajstić information content (AvgIpc) is 2.54. The van der Waals surface area contributed by atoms with Gasteiger partial charge in [-0.2, -0.15) is 0 Å². The van der Waals surface area contributed by atoms with Gasteiger partial charge in [-0.05, 0) is 25.1 Å². The van der Waals surface area contributed by atoms with Gasteiger partial charge in [0, 0.05) is 5.56 Å². The van der Waals surface area contributed by atoms with E-state index in [4.69, 9.17) is 9.47 Å². The summed E-state index contributed by atoms with van der Waals surface area (Å²) in [6, 6.07) is 15.6. The lowest BCUT2D eigenvalue weighted by Crippen LogP contribution is -2.17. The third kappa shape index (κ3) is 3.92. The van der Waals surface area contributed by atoms with E-state index < -0.39 is 5.97 Å². The summed E-state index contributed by atoms with van der Waals surface area (Å²) in [4.78, 5) is 24.0. The highest BCUT2D eigenvalue weighted by Crippen LogP contribution is 2.13. The van der Waals surface area contributed by atoms with Crippen LogP contribution in [0.4, 0.5) is 0 Å².